The summed E-state index contributed by atoms with van der Waals surface area (Å²) in [5, 5.41) is 0. The van der Waals surface area contributed by atoms with Gasteiger partial charge in [0.1, 0.15) is 5.54 Å². The van der Waals surface area contributed by atoms with Gasteiger partial charge in [-0.15, -0.1) is 0 Å². The first kappa shape index (κ1) is 17.7. The van der Waals surface area contributed by atoms with Crippen LogP contribution in [0.1, 0.15) is 25.7 Å². The minimum absolute atomic E-state index is 0.261. The molecular formula is C14H26N3O4S. The van der Waals surface area contributed by atoms with Crippen molar-refractivity contribution in [3.05, 3.63) is 6.42 Å². The van der Waals surface area contributed by atoms with Crippen LogP contribution >= 0.6 is 0 Å². The van der Waals surface area contributed by atoms with Gasteiger partial charge in [0.05, 0.1) is 12.4 Å². The maximum atomic E-state index is 12.0. The lowest BCUT2D eigenvalue weighted by Gasteiger charge is -2.44. The molecule has 2 rings (SSSR count). The summed E-state index contributed by atoms with van der Waals surface area (Å²) < 4.78 is 29.9. The van der Waals surface area contributed by atoms with Crippen molar-refractivity contribution >= 4 is 15.9 Å². The second kappa shape index (κ2) is 6.43. The van der Waals surface area contributed by atoms with E-state index in [4.69, 9.17) is 10.5 Å². The van der Waals surface area contributed by atoms with E-state index < -0.39 is 15.6 Å². The zero-order valence-corrected chi connectivity index (χ0v) is 14.3. The minimum atomic E-state index is -3.25. The van der Waals surface area contributed by atoms with E-state index in [-0.39, 0.29) is 18.6 Å². The Labute approximate surface area is 132 Å². The molecule has 2 saturated heterocycles. The molecule has 0 aromatic carbocycles. The van der Waals surface area contributed by atoms with Crippen LogP contribution < -0.4 is 5.73 Å². The number of sulfonamides is 1. The molecule has 2 aliphatic rings. The SMILES string of the molecule is COC(CN1[C@@H]2C[CH]C[C@@]1(C(N)=O)CC2)CN(C)S(C)(=O)=O. The number of piperidine rings is 1. The summed E-state index contributed by atoms with van der Waals surface area (Å²) in [4.78, 5) is 14.1. The van der Waals surface area contributed by atoms with Crippen molar-refractivity contribution in [2.45, 2.75) is 43.4 Å². The summed E-state index contributed by atoms with van der Waals surface area (Å²) in [5.41, 5.74) is 5.05. The summed E-state index contributed by atoms with van der Waals surface area (Å²) in [7, 11) is -0.158. The normalized spacial score (nSPS) is 30.6. The maximum Gasteiger partial charge on any atom is 0.237 e. The average molecular weight is 332 g/mol. The first-order chi connectivity index (χ1) is 10.2. The van der Waals surface area contributed by atoms with E-state index in [0.29, 0.717) is 19.0 Å². The van der Waals surface area contributed by atoms with Gasteiger partial charge in [-0.1, -0.05) is 0 Å². The number of primary amides is 1. The molecule has 1 radical (unpaired) electrons. The molecule has 1 unspecified atom stereocenters. The molecule has 0 saturated carbocycles. The van der Waals surface area contributed by atoms with Crippen LogP contribution in [-0.2, 0) is 19.6 Å². The Hall–Kier alpha value is -0.700. The predicted molar refractivity (Wildman–Crippen MR) is 83.5 cm³/mol. The molecule has 8 heteroatoms. The highest BCUT2D eigenvalue weighted by molar-refractivity contribution is 7.88. The van der Waals surface area contributed by atoms with Gasteiger partial charge in [-0.3, -0.25) is 9.69 Å². The fourth-order valence-electron chi connectivity index (χ4n) is 3.57. The Morgan fingerprint density at radius 2 is 2.27 bits per heavy atom. The van der Waals surface area contributed by atoms with Crippen molar-refractivity contribution in [1.82, 2.24) is 9.21 Å². The van der Waals surface area contributed by atoms with Crippen LogP contribution in [0.2, 0.25) is 0 Å². The summed E-state index contributed by atoms with van der Waals surface area (Å²) in [6.07, 6.45) is 6.33. The Morgan fingerprint density at radius 3 is 2.82 bits per heavy atom. The fourth-order valence-corrected chi connectivity index (χ4v) is 4.01. The minimum Gasteiger partial charge on any atom is -0.379 e. The zero-order chi connectivity index (χ0) is 16.5. The molecule has 3 atom stereocenters. The van der Waals surface area contributed by atoms with Crippen molar-refractivity contribution in [3.8, 4) is 0 Å². The molecule has 127 valence electrons. The lowest BCUT2D eigenvalue weighted by Crippen LogP contribution is -2.60. The molecule has 2 heterocycles. The lowest BCUT2D eigenvalue weighted by atomic mass is 9.87. The number of fused-ring (bicyclic) bond motifs is 2. The first-order valence-electron chi connectivity index (χ1n) is 7.53. The van der Waals surface area contributed by atoms with E-state index in [2.05, 4.69) is 11.3 Å². The topological polar surface area (TPSA) is 92.9 Å². The third-order valence-electron chi connectivity index (χ3n) is 5.02. The maximum absolute atomic E-state index is 12.0. The van der Waals surface area contributed by atoms with Crippen LogP contribution in [-0.4, -0.2) is 74.7 Å². The predicted octanol–water partition coefficient (Wildman–Crippen LogP) is -0.421. The summed E-state index contributed by atoms with van der Waals surface area (Å²) >= 11 is 0. The third kappa shape index (κ3) is 3.29. The fraction of sp³-hybridized carbons (Fsp3) is 0.857. The number of nitrogens with zero attached hydrogens (tertiary/aromatic N) is 2. The van der Waals surface area contributed by atoms with Crippen LogP contribution in [0.5, 0.6) is 0 Å². The van der Waals surface area contributed by atoms with Gasteiger partial charge in [0.15, 0.2) is 0 Å². The molecule has 0 aliphatic carbocycles. The van der Waals surface area contributed by atoms with Crippen LogP contribution in [0, 0.1) is 6.42 Å². The Morgan fingerprint density at radius 1 is 1.59 bits per heavy atom. The number of amides is 1. The average Bonchev–Trinajstić information content (AvgIpc) is 2.64. The van der Waals surface area contributed by atoms with Gasteiger partial charge in [0, 0.05) is 33.3 Å². The van der Waals surface area contributed by atoms with Crippen LogP contribution in [0.3, 0.4) is 0 Å². The smallest absolute Gasteiger partial charge is 0.237 e. The van der Waals surface area contributed by atoms with E-state index in [1.807, 2.05) is 0 Å². The third-order valence-corrected chi connectivity index (χ3v) is 6.30. The van der Waals surface area contributed by atoms with Crippen molar-refractivity contribution in [1.29, 1.82) is 0 Å². The number of carbonyl (C=O) groups excluding carboxylic acids is 1. The van der Waals surface area contributed by atoms with Gasteiger partial charge in [0.2, 0.25) is 15.9 Å². The monoisotopic (exact) mass is 332 g/mol. The molecule has 2 N–H and O–H groups in total. The van der Waals surface area contributed by atoms with Gasteiger partial charge in [-0.2, -0.15) is 0 Å². The first-order valence-corrected chi connectivity index (χ1v) is 9.38. The standard InChI is InChI=1S/C14H26N3O4S/c1-16(22(3,19)20)9-12(21-2)10-17-11-5-4-7-14(17,8-6-11)13(15)18/h4,11-12H,5-10H2,1-3H3,(H2,15,18)/t11-,12?,14+/m1/s1. The zero-order valence-electron chi connectivity index (χ0n) is 13.5. The Bertz CT molecular complexity index is 520. The van der Waals surface area contributed by atoms with Gasteiger partial charge in [-0.05, 0) is 32.1 Å². The van der Waals surface area contributed by atoms with E-state index in [9.17, 15) is 13.2 Å². The van der Waals surface area contributed by atoms with Gasteiger partial charge in [-0.25, -0.2) is 12.7 Å². The summed E-state index contributed by atoms with van der Waals surface area (Å²) in [6.45, 7) is 0.773. The Kier molecular flexibility index (Phi) is 5.16. The van der Waals surface area contributed by atoms with Crippen LogP contribution in [0.15, 0.2) is 0 Å². The van der Waals surface area contributed by atoms with Crippen molar-refractivity contribution in [3.63, 3.8) is 0 Å². The number of likely N-dealkylation sites (N-methyl/N-ethyl adjacent to an activating group) is 1. The Balaban J connectivity index is 2.11. The number of ether oxygens (including phenoxy) is 1. The van der Waals surface area contributed by atoms with Gasteiger partial charge >= 0.3 is 0 Å². The molecule has 7 nitrogen and oxygen atoms in total. The van der Waals surface area contributed by atoms with Gasteiger partial charge < -0.3 is 10.5 Å². The highest BCUT2D eigenvalue weighted by atomic mass is 32.2. The van der Waals surface area contributed by atoms with E-state index in [0.717, 1.165) is 19.3 Å². The molecule has 22 heavy (non-hydrogen) atoms. The second-order valence-corrected chi connectivity index (χ2v) is 8.46. The van der Waals surface area contributed by atoms with Gasteiger partial charge in [0.25, 0.3) is 0 Å². The number of rotatable bonds is 7. The number of hydrogen-bond donors (Lipinski definition) is 1. The van der Waals surface area contributed by atoms with E-state index in [1.54, 1.807) is 7.11 Å². The summed E-state index contributed by atoms with van der Waals surface area (Å²) in [5.74, 6) is -0.294. The number of methoxy groups -OCH3 is 1. The number of carbonyl (C=O) groups is 1. The number of nitrogens with two attached hydrogens (primary N) is 1. The van der Waals surface area contributed by atoms with Crippen LogP contribution in [0.25, 0.3) is 0 Å². The molecule has 2 aliphatic heterocycles. The van der Waals surface area contributed by atoms with E-state index >= 15 is 0 Å². The second-order valence-electron chi connectivity index (χ2n) is 6.37. The molecular weight excluding hydrogens is 306 g/mol. The lowest BCUT2D eigenvalue weighted by molar-refractivity contribution is -0.131. The molecule has 2 fully saturated rings. The van der Waals surface area contributed by atoms with Crippen LogP contribution in [0.4, 0.5) is 0 Å². The molecule has 1 amide bonds. The quantitative estimate of drug-likeness (QED) is 0.683. The molecule has 0 spiro atoms. The highest BCUT2D eigenvalue weighted by Crippen LogP contribution is 2.43. The molecule has 2 bridgehead atoms. The van der Waals surface area contributed by atoms with Crippen molar-refractivity contribution < 1.29 is 17.9 Å². The van der Waals surface area contributed by atoms with Crippen molar-refractivity contribution in [2.24, 2.45) is 5.73 Å². The summed E-state index contributed by atoms with van der Waals surface area (Å²) in [6, 6.07) is 0.294. The van der Waals surface area contributed by atoms with Crippen molar-refractivity contribution in [2.75, 3.05) is 33.5 Å². The highest BCUT2D eigenvalue weighted by Gasteiger charge is 2.53. The van der Waals surface area contributed by atoms with E-state index in [1.165, 1.54) is 17.6 Å². The largest absolute Gasteiger partial charge is 0.379 e. The molecule has 0 aromatic rings. The molecule has 0 aromatic heterocycles. The number of hydrogen-bond acceptors (Lipinski definition) is 5.